The molecule has 0 saturated carbocycles. The van der Waals surface area contributed by atoms with Crippen LogP contribution < -0.4 is 15.5 Å². The second-order valence-corrected chi connectivity index (χ2v) is 9.52. The van der Waals surface area contributed by atoms with E-state index in [1.165, 1.54) is 25.3 Å². The molecule has 3 heterocycles. The maximum atomic E-state index is 11.9. The van der Waals surface area contributed by atoms with Crippen LogP contribution >= 0.6 is 23.8 Å². The number of carbonyl (C=O) groups excluding carboxylic acids is 1. The van der Waals surface area contributed by atoms with Gasteiger partial charge in [0.15, 0.2) is 5.11 Å². The Morgan fingerprint density at radius 3 is 2.64 bits per heavy atom. The van der Waals surface area contributed by atoms with Crippen LogP contribution in [0.25, 0.3) is 11.3 Å². The Morgan fingerprint density at radius 1 is 1.15 bits per heavy atom. The zero-order valence-corrected chi connectivity index (χ0v) is 22.2. The second kappa shape index (κ2) is 11.2. The van der Waals surface area contributed by atoms with Gasteiger partial charge in [-0.25, -0.2) is 4.79 Å². The number of carbonyl (C=O) groups is 2. The van der Waals surface area contributed by atoms with Gasteiger partial charge in [-0.1, -0.05) is 17.7 Å². The predicted octanol–water partition coefficient (Wildman–Crippen LogP) is 5.46. The van der Waals surface area contributed by atoms with E-state index in [-0.39, 0.29) is 24.1 Å². The Kier molecular flexibility index (Phi) is 7.60. The molecular weight excluding hydrogens is 540 g/mol. The molecule has 198 valence electrons. The summed E-state index contributed by atoms with van der Waals surface area (Å²) in [5.41, 5.74) is 2.71. The first-order chi connectivity index (χ1) is 18.9. The minimum atomic E-state index is -1.06. The molecule has 1 aliphatic heterocycles. The monoisotopic (exact) mass is 562 g/mol. The molecule has 2 unspecified atom stereocenters. The van der Waals surface area contributed by atoms with Crippen LogP contribution in [0.5, 0.6) is 0 Å². The number of carboxylic acid groups (broad SMARTS) is 1. The number of aromatic nitrogens is 1. The van der Waals surface area contributed by atoms with Gasteiger partial charge in [-0.05, 0) is 78.9 Å². The van der Waals surface area contributed by atoms with Gasteiger partial charge < -0.3 is 29.8 Å². The Balaban J connectivity index is 1.53. The van der Waals surface area contributed by atoms with Crippen molar-refractivity contribution in [1.82, 2.24) is 10.3 Å². The van der Waals surface area contributed by atoms with Crippen molar-refractivity contribution in [2.45, 2.75) is 12.1 Å². The number of carboxylic acids is 1. The molecule has 5 rings (SSSR count). The van der Waals surface area contributed by atoms with Gasteiger partial charge in [0.25, 0.3) is 0 Å². The van der Waals surface area contributed by atoms with Crippen LogP contribution in [-0.4, -0.2) is 40.8 Å². The maximum absolute atomic E-state index is 11.9. The summed E-state index contributed by atoms with van der Waals surface area (Å²) in [6, 6.07) is 20.1. The number of thiocarbonyl (C=S) groups is 1. The second-order valence-electron chi connectivity index (χ2n) is 8.73. The lowest BCUT2D eigenvalue weighted by Crippen LogP contribution is -2.29. The largest absolute Gasteiger partial charge is 0.478 e. The number of methoxy groups -OCH3 is 1. The quantitative estimate of drug-likeness (QED) is 0.241. The number of benzene rings is 2. The minimum absolute atomic E-state index is 0.0457. The fourth-order valence-corrected chi connectivity index (χ4v) is 5.02. The first-order valence-corrected chi connectivity index (χ1v) is 12.7. The number of nitrogens with zero attached hydrogens (tertiary/aromatic N) is 2. The number of nitrogens with one attached hydrogen (secondary N) is 2. The fraction of sp³-hybridized carbons (Fsp3) is 0.143. The van der Waals surface area contributed by atoms with Crippen molar-refractivity contribution in [1.29, 1.82) is 0 Å². The van der Waals surface area contributed by atoms with Gasteiger partial charge in [-0.15, -0.1) is 0 Å². The average Bonchev–Trinajstić information content (AvgIpc) is 3.54. The van der Waals surface area contributed by atoms with Crippen molar-refractivity contribution in [3.8, 4) is 11.3 Å². The molecule has 2 aromatic carbocycles. The van der Waals surface area contributed by atoms with Crippen molar-refractivity contribution in [3.63, 3.8) is 0 Å². The van der Waals surface area contributed by atoms with Gasteiger partial charge in [-0.3, -0.25) is 9.78 Å². The summed E-state index contributed by atoms with van der Waals surface area (Å²) in [6.07, 6.45) is 1.71. The molecule has 4 aromatic rings. The predicted molar refractivity (Wildman–Crippen MR) is 151 cm³/mol. The third-order valence-corrected chi connectivity index (χ3v) is 6.84. The van der Waals surface area contributed by atoms with Crippen molar-refractivity contribution < 1.29 is 23.8 Å². The number of pyridine rings is 1. The number of hydrogen-bond donors (Lipinski definition) is 3. The van der Waals surface area contributed by atoms with Crippen LogP contribution in [0.1, 0.15) is 33.9 Å². The summed E-state index contributed by atoms with van der Waals surface area (Å²) in [7, 11) is 1.46. The molecule has 1 amide bonds. The van der Waals surface area contributed by atoms with E-state index in [1.807, 2.05) is 41.3 Å². The smallest absolute Gasteiger partial charge is 0.335 e. The van der Waals surface area contributed by atoms with Gasteiger partial charge in [0.05, 0.1) is 22.3 Å². The fourth-order valence-electron chi connectivity index (χ4n) is 4.46. The zero-order chi connectivity index (χ0) is 27.5. The van der Waals surface area contributed by atoms with E-state index < -0.39 is 12.0 Å². The topological polar surface area (TPSA) is 117 Å². The number of anilines is 2. The molecule has 1 fully saturated rings. The molecule has 1 aliphatic rings. The Hall–Kier alpha value is -4.25. The normalized spacial score (nSPS) is 16.7. The van der Waals surface area contributed by atoms with Crippen LogP contribution in [0, 0.1) is 0 Å². The number of halogens is 1. The van der Waals surface area contributed by atoms with E-state index in [2.05, 4.69) is 15.6 Å². The van der Waals surface area contributed by atoms with E-state index >= 15 is 0 Å². The molecule has 2 atom stereocenters. The third-order valence-electron chi connectivity index (χ3n) is 6.20. The molecule has 3 N–H and O–H groups in total. The highest BCUT2D eigenvalue weighted by atomic mass is 35.5. The number of furan rings is 1. The molecule has 0 bridgehead atoms. The molecule has 39 heavy (non-hydrogen) atoms. The highest BCUT2D eigenvalue weighted by Gasteiger charge is 2.42. The molecule has 9 nitrogen and oxygen atoms in total. The number of ether oxygens (including phenoxy) is 1. The standard InChI is InChI=1S/C28H23ClN4O5S/c1-37-15-24(34)31-17-6-8-18(9-7-17)33-26(25(32-28(33)39)21-4-2-3-13-30-21)23-12-11-22(38-23)19-14-16(27(35)36)5-10-20(19)29/h2-14,25-26H,15H2,1H3,(H,31,34)(H,32,39)(H,35,36). The SMILES string of the molecule is COCC(=O)Nc1ccc(N2C(=S)NC(c3ccccn3)C2c2ccc(-c3cc(C(=O)O)ccc3Cl)o2)cc1. The maximum Gasteiger partial charge on any atom is 0.335 e. The molecule has 0 radical (unpaired) electrons. The van der Waals surface area contributed by atoms with Crippen LogP contribution in [0.15, 0.2) is 83.4 Å². The number of aromatic carboxylic acids is 1. The van der Waals surface area contributed by atoms with Crippen LogP contribution in [0.4, 0.5) is 11.4 Å². The summed E-state index contributed by atoms with van der Waals surface area (Å²) < 4.78 is 11.2. The zero-order valence-electron chi connectivity index (χ0n) is 20.6. The molecule has 11 heteroatoms. The molecule has 1 saturated heterocycles. The lowest BCUT2D eigenvalue weighted by molar-refractivity contribution is -0.119. The van der Waals surface area contributed by atoms with Crippen molar-refractivity contribution in [2.75, 3.05) is 23.9 Å². The Bertz CT molecular complexity index is 1530. The molecule has 0 aliphatic carbocycles. The van der Waals surface area contributed by atoms with Gasteiger partial charge in [0.1, 0.15) is 24.2 Å². The number of hydrogen-bond acceptors (Lipinski definition) is 6. The van der Waals surface area contributed by atoms with E-state index in [0.717, 1.165) is 11.4 Å². The molecule has 2 aromatic heterocycles. The minimum Gasteiger partial charge on any atom is -0.478 e. The third kappa shape index (κ3) is 5.49. The summed E-state index contributed by atoms with van der Waals surface area (Å²) in [5.74, 6) is -0.326. The number of amides is 1. The van der Waals surface area contributed by atoms with E-state index in [0.29, 0.717) is 32.9 Å². The van der Waals surface area contributed by atoms with Gasteiger partial charge >= 0.3 is 5.97 Å². The molecule has 0 spiro atoms. The summed E-state index contributed by atoms with van der Waals surface area (Å²) in [5, 5.41) is 16.4. The molecular formula is C28H23ClN4O5S. The summed E-state index contributed by atoms with van der Waals surface area (Å²) in [4.78, 5) is 29.9. The van der Waals surface area contributed by atoms with Gasteiger partial charge in [-0.2, -0.15) is 0 Å². The van der Waals surface area contributed by atoms with Crippen LogP contribution in [0.3, 0.4) is 0 Å². The Morgan fingerprint density at radius 2 is 1.95 bits per heavy atom. The first kappa shape index (κ1) is 26.4. The highest BCUT2D eigenvalue weighted by molar-refractivity contribution is 7.80. The van der Waals surface area contributed by atoms with Gasteiger partial charge in [0, 0.05) is 30.2 Å². The van der Waals surface area contributed by atoms with Crippen LogP contribution in [0.2, 0.25) is 5.02 Å². The Labute approximate surface area is 234 Å². The van der Waals surface area contributed by atoms with Gasteiger partial charge in [0.2, 0.25) is 5.91 Å². The van der Waals surface area contributed by atoms with E-state index in [1.54, 1.807) is 24.4 Å². The van der Waals surface area contributed by atoms with Crippen molar-refractivity contribution >= 4 is 52.2 Å². The first-order valence-electron chi connectivity index (χ1n) is 11.9. The van der Waals surface area contributed by atoms with E-state index in [9.17, 15) is 14.7 Å². The van der Waals surface area contributed by atoms with E-state index in [4.69, 9.17) is 33.0 Å². The summed E-state index contributed by atoms with van der Waals surface area (Å²) >= 11 is 12.2. The van der Waals surface area contributed by atoms with Crippen molar-refractivity contribution in [3.05, 3.63) is 101 Å². The van der Waals surface area contributed by atoms with Crippen molar-refractivity contribution in [2.24, 2.45) is 0 Å². The highest BCUT2D eigenvalue weighted by Crippen LogP contribution is 2.43. The summed E-state index contributed by atoms with van der Waals surface area (Å²) in [6.45, 7) is -0.0457. The average molecular weight is 563 g/mol. The number of rotatable bonds is 8. The lowest BCUT2D eigenvalue weighted by Gasteiger charge is -2.26. The lowest BCUT2D eigenvalue weighted by atomic mass is 10.0. The van der Waals surface area contributed by atoms with Crippen LogP contribution in [-0.2, 0) is 9.53 Å².